The molecule has 3 N–H and O–H groups in total. The van der Waals surface area contributed by atoms with E-state index < -0.39 is 0 Å². The molecule has 0 aromatic heterocycles. The number of esters is 1. The number of hydrogen-bond donors (Lipinski definition) is 2. The number of dihydropyridines is 1. The normalized spacial score (nSPS) is 15.2. The summed E-state index contributed by atoms with van der Waals surface area (Å²) in [6.07, 6.45) is 18.7. The van der Waals surface area contributed by atoms with E-state index in [0.29, 0.717) is 25.1 Å². The summed E-state index contributed by atoms with van der Waals surface area (Å²) in [5.74, 6) is -0.622. The lowest BCUT2D eigenvalue weighted by Gasteiger charge is -2.34. The third-order valence-electron chi connectivity index (χ3n) is 8.44. The summed E-state index contributed by atoms with van der Waals surface area (Å²) in [5.41, 5.74) is 13.9. The number of carbonyl (C=O) groups is 2. The maximum absolute atomic E-state index is 13.3. The molecule has 0 radical (unpaired) electrons. The molecule has 0 spiro atoms. The fraction of sp³-hybridized carbons (Fsp3) is 0.657. The molecular weight excluding hydrogens is 512 g/mol. The summed E-state index contributed by atoms with van der Waals surface area (Å²) in [7, 11) is 0. The van der Waals surface area contributed by atoms with Gasteiger partial charge in [-0.15, -0.1) is 0 Å². The van der Waals surface area contributed by atoms with Crippen molar-refractivity contribution in [3.05, 3.63) is 51.4 Å². The Bertz CT molecular complexity index is 1030. The van der Waals surface area contributed by atoms with Gasteiger partial charge in [0, 0.05) is 29.4 Å². The summed E-state index contributed by atoms with van der Waals surface area (Å²) < 4.78 is 10.6. The van der Waals surface area contributed by atoms with Crippen LogP contribution in [0.1, 0.15) is 140 Å². The number of carbonyl (C=O) groups excluding carboxylic acids is 2. The van der Waals surface area contributed by atoms with Gasteiger partial charge < -0.3 is 20.5 Å². The van der Waals surface area contributed by atoms with Crippen molar-refractivity contribution in [1.29, 1.82) is 0 Å². The Labute approximate surface area is 249 Å². The minimum absolute atomic E-state index is 0.249. The van der Waals surface area contributed by atoms with Gasteiger partial charge in [-0.3, -0.25) is 4.79 Å². The van der Waals surface area contributed by atoms with Gasteiger partial charge in [-0.1, -0.05) is 90.0 Å². The largest absolute Gasteiger partial charge is 0.468 e. The molecule has 230 valence electrons. The first-order chi connectivity index (χ1) is 19.9. The number of anilines is 1. The molecule has 1 aliphatic rings. The van der Waals surface area contributed by atoms with Crippen LogP contribution in [0.4, 0.5) is 5.69 Å². The molecule has 0 saturated heterocycles. The van der Waals surface area contributed by atoms with E-state index >= 15 is 0 Å². The number of unbranched alkanes of at least 4 members (excludes halogenated alkanes) is 12. The van der Waals surface area contributed by atoms with E-state index in [1.165, 1.54) is 82.6 Å². The van der Waals surface area contributed by atoms with Crippen molar-refractivity contribution in [2.75, 3.05) is 18.9 Å². The number of nitrogen functional groups attached to an aromatic ring is 1. The molecule has 41 heavy (non-hydrogen) atoms. The zero-order chi connectivity index (χ0) is 30.0. The van der Waals surface area contributed by atoms with Crippen molar-refractivity contribution >= 4 is 18.1 Å². The zero-order valence-corrected chi connectivity index (χ0v) is 26.5. The van der Waals surface area contributed by atoms with Gasteiger partial charge in [0.1, 0.15) is 0 Å². The van der Waals surface area contributed by atoms with Gasteiger partial charge in [0.2, 0.25) is 0 Å². The highest BCUT2D eigenvalue weighted by Gasteiger charge is 2.36. The van der Waals surface area contributed by atoms with E-state index in [-0.39, 0.29) is 18.5 Å². The van der Waals surface area contributed by atoms with Crippen LogP contribution in [-0.2, 0) is 25.5 Å². The van der Waals surface area contributed by atoms with Crippen LogP contribution in [0.3, 0.4) is 0 Å². The lowest BCUT2D eigenvalue weighted by molar-refractivity contribution is -0.139. The van der Waals surface area contributed by atoms with Gasteiger partial charge in [-0.05, 0) is 68.9 Å². The molecule has 2 rings (SSSR count). The summed E-state index contributed by atoms with van der Waals surface area (Å²) in [6.45, 7) is 11.1. The van der Waals surface area contributed by atoms with Crippen molar-refractivity contribution in [2.24, 2.45) is 0 Å². The Morgan fingerprint density at radius 1 is 0.854 bits per heavy atom. The van der Waals surface area contributed by atoms with E-state index in [1.807, 2.05) is 33.8 Å². The SMILES string of the molecule is CCCCCCCCCCCCCCCc1ccc(N)c(C)c1C1C(CCOC=O)=C(C)NC(C)=C1C(=O)OCC. The van der Waals surface area contributed by atoms with Gasteiger partial charge in [0.15, 0.2) is 0 Å². The van der Waals surface area contributed by atoms with E-state index in [2.05, 4.69) is 18.3 Å². The number of nitrogens with one attached hydrogen (secondary N) is 1. The molecule has 0 amide bonds. The van der Waals surface area contributed by atoms with Crippen LogP contribution in [0.2, 0.25) is 0 Å². The topological polar surface area (TPSA) is 90.6 Å². The Balaban J connectivity index is 2.10. The number of rotatable bonds is 21. The lowest BCUT2D eigenvalue weighted by atomic mass is 9.75. The van der Waals surface area contributed by atoms with E-state index in [0.717, 1.165) is 46.6 Å². The Morgan fingerprint density at radius 2 is 1.44 bits per heavy atom. The first-order valence-electron chi connectivity index (χ1n) is 16.1. The van der Waals surface area contributed by atoms with Crippen molar-refractivity contribution in [1.82, 2.24) is 5.32 Å². The molecule has 0 saturated carbocycles. The molecule has 6 nitrogen and oxygen atoms in total. The molecule has 0 fully saturated rings. The maximum Gasteiger partial charge on any atom is 0.336 e. The minimum atomic E-state index is -0.322. The van der Waals surface area contributed by atoms with Crippen LogP contribution in [-0.4, -0.2) is 25.7 Å². The van der Waals surface area contributed by atoms with Crippen LogP contribution in [0.15, 0.2) is 34.7 Å². The third-order valence-corrected chi connectivity index (χ3v) is 8.44. The second kappa shape index (κ2) is 19.4. The Morgan fingerprint density at radius 3 is 2.00 bits per heavy atom. The number of aryl methyl sites for hydroxylation is 1. The highest BCUT2D eigenvalue weighted by atomic mass is 16.5. The number of nitrogens with two attached hydrogens (primary N) is 1. The molecule has 0 aliphatic carbocycles. The summed E-state index contributed by atoms with van der Waals surface area (Å²) in [6, 6.07) is 4.12. The summed E-state index contributed by atoms with van der Waals surface area (Å²) in [4.78, 5) is 24.2. The quantitative estimate of drug-likeness (QED) is 0.0668. The predicted octanol–water partition coefficient (Wildman–Crippen LogP) is 8.57. The summed E-state index contributed by atoms with van der Waals surface area (Å²) >= 11 is 0. The van der Waals surface area contributed by atoms with E-state index in [1.54, 1.807) is 0 Å². The molecule has 6 heteroatoms. The van der Waals surface area contributed by atoms with Crippen molar-refractivity contribution in [3.8, 4) is 0 Å². The highest BCUT2D eigenvalue weighted by Crippen LogP contribution is 2.44. The van der Waals surface area contributed by atoms with Crippen molar-refractivity contribution in [2.45, 2.75) is 137 Å². The number of benzene rings is 1. The second-order valence-corrected chi connectivity index (χ2v) is 11.5. The van der Waals surface area contributed by atoms with Crippen molar-refractivity contribution < 1.29 is 19.1 Å². The van der Waals surface area contributed by atoms with E-state index in [9.17, 15) is 9.59 Å². The maximum atomic E-state index is 13.3. The minimum Gasteiger partial charge on any atom is -0.468 e. The first-order valence-corrected chi connectivity index (χ1v) is 16.1. The molecule has 1 heterocycles. The van der Waals surface area contributed by atoms with Crippen LogP contribution in [0.5, 0.6) is 0 Å². The standard InChI is InChI=1S/C35H56N2O4/c1-6-8-9-10-11-12-13-14-15-16-17-18-19-20-29-21-22-31(36)26(3)32(29)34-30(23-24-40-25-38)27(4)37-28(5)33(34)35(39)41-7-2/h21-22,25,34,37H,6-20,23-24,36H2,1-5H3. The van der Waals surface area contributed by atoms with Gasteiger partial charge in [-0.2, -0.15) is 0 Å². The molecule has 1 aliphatic heterocycles. The van der Waals surface area contributed by atoms with Crippen LogP contribution in [0.25, 0.3) is 0 Å². The molecule has 1 aromatic carbocycles. The van der Waals surface area contributed by atoms with Crippen LogP contribution < -0.4 is 11.1 Å². The smallest absolute Gasteiger partial charge is 0.336 e. The number of hydrogen-bond acceptors (Lipinski definition) is 6. The molecule has 1 unspecified atom stereocenters. The Kier molecular flexibility index (Phi) is 16.3. The third kappa shape index (κ3) is 10.9. The van der Waals surface area contributed by atoms with Gasteiger partial charge in [0.25, 0.3) is 6.47 Å². The number of ether oxygens (including phenoxy) is 2. The zero-order valence-electron chi connectivity index (χ0n) is 26.5. The average molecular weight is 569 g/mol. The monoisotopic (exact) mass is 568 g/mol. The fourth-order valence-electron chi connectivity index (χ4n) is 6.14. The fourth-order valence-corrected chi connectivity index (χ4v) is 6.14. The van der Waals surface area contributed by atoms with Gasteiger partial charge in [0.05, 0.1) is 18.8 Å². The van der Waals surface area contributed by atoms with Crippen LogP contribution >= 0.6 is 0 Å². The van der Waals surface area contributed by atoms with Gasteiger partial charge >= 0.3 is 5.97 Å². The highest BCUT2D eigenvalue weighted by molar-refractivity contribution is 5.93. The average Bonchev–Trinajstić information content (AvgIpc) is 2.94. The van der Waals surface area contributed by atoms with E-state index in [4.69, 9.17) is 15.2 Å². The lowest BCUT2D eigenvalue weighted by Crippen LogP contribution is -2.30. The number of allylic oxidation sites excluding steroid dienone is 2. The molecule has 0 bridgehead atoms. The van der Waals surface area contributed by atoms with Gasteiger partial charge in [-0.25, -0.2) is 4.79 Å². The molecule has 1 atom stereocenters. The first kappa shape index (κ1) is 34.4. The predicted molar refractivity (Wildman–Crippen MR) is 170 cm³/mol. The molecular formula is C35H56N2O4. The Hall–Kier alpha value is -2.76. The second-order valence-electron chi connectivity index (χ2n) is 11.5. The van der Waals surface area contributed by atoms with Crippen LogP contribution in [0, 0.1) is 6.92 Å². The summed E-state index contributed by atoms with van der Waals surface area (Å²) in [5, 5.41) is 3.38. The van der Waals surface area contributed by atoms with Crippen molar-refractivity contribution in [3.63, 3.8) is 0 Å². The molecule has 1 aromatic rings.